The van der Waals surface area contributed by atoms with Crippen molar-refractivity contribution in [3.63, 3.8) is 0 Å². The van der Waals surface area contributed by atoms with Crippen LogP contribution in [-0.2, 0) is 17.9 Å². The molecule has 33 heavy (non-hydrogen) atoms. The zero-order valence-corrected chi connectivity index (χ0v) is 19.7. The standard InChI is InChI=1S/C24H21ClN6OS/c1-15-12-21(29-30(15)13-17-6-3-4-7-19(17)25)27-22(32)14-31-24-23(16(2)28-31)18(9-10-26-24)20-8-5-11-33-20/h3-12H,13-14H2,1-2H3,(H,27,29,32). The fourth-order valence-corrected chi connectivity index (χ4v) is 4.82. The van der Waals surface area contributed by atoms with E-state index in [9.17, 15) is 4.79 Å². The van der Waals surface area contributed by atoms with Crippen LogP contribution in [0.15, 0.2) is 60.1 Å². The van der Waals surface area contributed by atoms with Gasteiger partial charge >= 0.3 is 0 Å². The highest BCUT2D eigenvalue weighted by Gasteiger charge is 2.17. The minimum absolute atomic E-state index is 0.0433. The van der Waals surface area contributed by atoms with E-state index in [2.05, 4.69) is 26.6 Å². The van der Waals surface area contributed by atoms with Crippen molar-refractivity contribution in [2.24, 2.45) is 0 Å². The summed E-state index contributed by atoms with van der Waals surface area (Å²) >= 11 is 7.94. The second-order valence-corrected chi connectivity index (χ2v) is 9.10. The van der Waals surface area contributed by atoms with Gasteiger partial charge in [-0.3, -0.25) is 9.48 Å². The zero-order chi connectivity index (χ0) is 22.9. The topological polar surface area (TPSA) is 77.6 Å². The van der Waals surface area contributed by atoms with Gasteiger partial charge in [-0.05, 0) is 43.0 Å². The fraction of sp³-hybridized carbons (Fsp3) is 0.167. The van der Waals surface area contributed by atoms with E-state index >= 15 is 0 Å². The quantitative estimate of drug-likeness (QED) is 0.360. The van der Waals surface area contributed by atoms with Crippen molar-refractivity contribution in [1.82, 2.24) is 24.5 Å². The van der Waals surface area contributed by atoms with Gasteiger partial charge in [-0.1, -0.05) is 35.9 Å². The Morgan fingerprint density at radius 1 is 1.09 bits per heavy atom. The average molecular weight is 477 g/mol. The van der Waals surface area contributed by atoms with Gasteiger partial charge in [0.15, 0.2) is 11.5 Å². The van der Waals surface area contributed by atoms with Crippen LogP contribution in [0.5, 0.6) is 0 Å². The number of nitrogens with zero attached hydrogens (tertiary/aromatic N) is 5. The highest BCUT2D eigenvalue weighted by Crippen LogP contribution is 2.32. The number of amides is 1. The zero-order valence-electron chi connectivity index (χ0n) is 18.1. The van der Waals surface area contributed by atoms with E-state index in [0.717, 1.165) is 32.8 Å². The number of anilines is 1. The van der Waals surface area contributed by atoms with Crippen LogP contribution < -0.4 is 5.32 Å². The Labute approximate surface area is 199 Å². The van der Waals surface area contributed by atoms with Crippen molar-refractivity contribution < 1.29 is 4.79 Å². The molecule has 5 rings (SSSR count). The maximum Gasteiger partial charge on any atom is 0.247 e. The molecular weight excluding hydrogens is 456 g/mol. The summed E-state index contributed by atoms with van der Waals surface area (Å²) in [4.78, 5) is 18.5. The van der Waals surface area contributed by atoms with Crippen LogP contribution in [0.25, 0.3) is 21.5 Å². The SMILES string of the molecule is Cc1nn(CC(=O)Nc2cc(C)n(Cc3ccccc3Cl)n2)c2nccc(-c3cccs3)c12. The number of halogens is 1. The molecule has 0 aliphatic carbocycles. The second-order valence-electron chi connectivity index (χ2n) is 7.75. The van der Waals surface area contributed by atoms with Crippen LogP contribution >= 0.6 is 22.9 Å². The second kappa shape index (κ2) is 8.80. The summed E-state index contributed by atoms with van der Waals surface area (Å²) in [5.74, 6) is 0.273. The molecule has 5 aromatic rings. The molecule has 0 aliphatic heterocycles. The smallest absolute Gasteiger partial charge is 0.247 e. The summed E-state index contributed by atoms with van der Waals surface area (Å²) in [6.07, 6.45) is 1.76. The molecule has 0 saturated heterocycles. The Hall–Kier alpha value is -3.49. The lowest BCUT2D eigenvalue weighted by Crippen LogP contribution is -2.20. The molecule has 4 aromatic heterocycles. The lowest BCUT2D eigenvalue weighted by Gasteiger charge is -2.06. The normalized spacial score (nSPS) is 11.2. The van der Waals surface area contributed by atoms with Crippen LogP contribution in [0.4, 0.5) is 5.82 Å². The van der Waals surface area contributed by atoms with E-state index < -0.39 is 0 Å². The first kappa shape index (κ1) is 21.4. The Bertz CT molecular complexity index is 1450. The number of carbonyl (C=O) groups excluding carboxylic acids is 1. The molecule has 0 atom stereocenters. The molecule has 166 valence electrons. The summed E-state index contributed by atoms with van der Waals surface area (Å²) < 4.78 is 3.46. The van der Waals surface area contributed by atoms with E-state index in [0.29, 0.717) is 23.0 Å². The number of thiophene rings is 1. The molecule has 0 bridgehead atoms. The Kier molecular flexibility index (Phi) is 5.70. The first-order valence-electron chi connectivity index (χ1n) is 10.4. The van der Waals surface area contributed by atoms with Crippen molar-refractivity contribution in [1.29, 1.82) is 0 Å². The van der Waals surface area contributed by atoms with E-state index in [4.69, 9.17) is 11.6 Å². The summed E-state index contributed by atoms with van der Waals surface area (Å²) in [7, 11) is 0. The molecular formula is C24H21ClN6OS. The van der Waals surface area contributed by atoms with Crippen molar-refractivity contribution in [3.8, 4) is 10.4 Å². The molecule has 0 spiro atoms. The number of carbonyl (C=O) groups is 1. The molecule has 1 amide bonds. The Morgan fingerprint density at radius 3 is 2.73 bits per heavy atom. The fourth-order valence-electron chi connectivity index (χ4n) is 3.87. The molecule has 0 fully saturated rings. The first-order valence-corrected chi connectivity index (χ1v) is 11.7. The van der Waals surface area contributed by atoms with Gasteiger partial charge in [0.1, 0.15) is 6.54 Å². The number of benzene rings is 1. The summed E-state index contributed by atoms with van der Waals surface area (Å²) in [6, 6.07) is 15.6. The lowest BCUT2D eigenvalue weighted by atomic mass is 10.1. The van der Waals surface area contributed by atoms with Crippen molar-refractivity contribution in [2.45, 2.75) is 26.9 Å². The predicted molar refractivity (Wildman–Crippen MR) is 132 cm³/mol. The molecule has 0 aliphatic rings. The number of rotatable bonds is 6. The third kappa shape index (κ3) is 4.27. The monoisotopic (exact) mass is 476 g/mol. The number of aryl methyl sites for hydroxylation is 2. The van der Waals surface area contributed by atoms with Gasteiger partial charge in [-0.15, -0.1) is 11.3 Å². The van der Waals surface area contributed by atoms with Crippen LogP contribution in [-0.4, -0.2) is 30.5 Å². The van der Waals surface area contributed by atoms with Gasteiger partial charge in [0.2, 0.25) is 5.91 Å². The minimum atomic E-state index is -0.217. The molecule has 4 heterocycles. The van der Waals surface area contributed by atoms with Crippen LogP contribution in [0.1, 0.15) is 17.0 Å². The van der Waals surface area contributed by atoms with E-state index in [1.807, 2.05) is 66.4 Å². The van der Waals surface area contributed by atoms with E-state index in [-0.39, 0.29) is 12.5 Å². The van der Waals surface area contributed by atoms with Crippen LogP contribution in [0, 0.1) is 13.8 Å². The maximum atomic E-state index is 12.8. The van der Waals surface area contributed by atoms with Crippen LogP contribution in [0.3, 0.4) is 0 Å². The van der Waals surface area contributed by atoms with Crippen LogP contribution in [0.2, 0.25) is 5.02 Å². The number of nitrogens with one attached hydrogen (secondary N) is 1. The minimum Gasteiger partial charge on any atom is -0.308 e. The van der Waals surface area contributed by atoms with E-state index in [1.165, 1.54) is 0 Å². The summed E-state index contributed by atoms with van der Waals surface area (Å²) in [6.45, 7) is 4.45. The third-order valence-corrected chi connectivity index (χ3v) is 6.69. The van der Waals surface area contributed by atoms with Gasteiger partial charge in [0.05, 0.1) is 17.6 Å². The lowest BCUT2D eigenvalue weighted by molar-refractivity contribution is -0.116. The molecule has 0 unspecified atom stereocenters. The molecule has 1 N–H and O–H groups in total. The Balaban J connectivity index is 1.35. The highest BCUT2D eigenvalue weighted by molar-refractivity contribution is 7.13. The maximum absolute atomic E-state index is 12.8. The third-order valence-electron chi connectivity index (χ3n) is 5.41. The number of hydrogen-bond donors (Lipinski definition) is 1. The molecule has 0 saturated carbocycles. The molecule has 7 nitrogen and oxygen atoms in total. The molecule has 0 radical (unpaired) electrons. The number of hydrogen-bond acceptors (Lipinski definition) is 5. The first-order chi connectivity index (χ1) is 16.0. The molecule has 1 aromatic carbocycles. The largest absolute Gasteiger partial charge is 0.308 e. The number of fused-ring (bicyclic) bond motifs is 1. The number of pyridine rings is 1. The average Bonchev–Trinajstić information content (AvgIpc) is 3.51. The van der Waals surface area contributed by atoms with Gasteiger partial charge in [-0.2, -0.15) is 10.2 Å². The van der Waals surface area contributed by atoms with Gasteiger partial charge < -0.3 is 5.32 Å². The van der Waals surface area contributed by atoms with Crippen molar-refractivity contribution >= 4 is 45.7 Å². The van der Waals surface area contributed by atoms with Gasteiger partial charge in [-0.25, -0.2) is 9.67 Å². The molecule has 9 heteroatoms. The highest BCUT2D eigenvalue weighted by atomic mass is 35.5. The number of aromatic nitrogens is 5. The van der Waals surface area contributed by atoms with Gasteiger partial charge in [0, 0.05) is 33.4 Å². The van der Waals surface area contributed by atoms with Gasteiger partial charge in [0.25, 0.3) is 0 Å². The Morgan fingerprint density at radius 2 is 1.94 bits per heavy atom. The van der Waals surface area contributed by atoms with E-state index in [1.54, 1.807) is 22.2 Å². The summed E-state index contributed by atoms with van der Waals surface area (Å²) in [5.41, 5.74) is 4.50. The predicted octanol–water partition coefficient (Wildman–Crippen LogP) is 5.31. The van der Waals surface area contributed by atoms with Crippen molar-refractivity contribution in [2.75, 3.05) is 5.32 Å². The summed E-state index contributed by atoms with van der Waals surface area (Å²) in [5, 5.41) is 15.7. The van der Waals surface area contributed by atoms with Crippen molar-refractivity contribution in [3.05, 3.63) is 82.1 Å².